The van der Waals surface area contributed by atoms with E-state index in [2.05, 4.69) is 35.6 Å². The topological polar surface area (TPSA) is 12.0 Å². The van der Waals surface area contributed by atoms with Gasteiger partial charge >= 0.3 is 0 Å². The maximum atomic E-state index is 3.53. The Kier molecular flexibility index (Phi) is 3.27. The van der Waals surface area contributed by atoms with E-state index in [1.54, 1.807) is 0 Å². The van der Waals surface area contributed by atoms with E-state index in [1.165, 1.54) is 30.7 Å². The zero-order chi connectivity index (χ0) is 8.93. The zero-order valence-electron chi connectivity index (χ0n) is 7.70. The molecule has 0 aromatic heterocycles. The molecular formula is C11H15NS. The Bertz CT molecular complexity index is 242. The van der Waals surface area contributed by atoms with Gasteiger partial charge in [0.1, 0.15) is 0 Å². The lowest BCUT2D eigenvalue weighted by molar-refractivity contribution is 0.491. The summed E-state index contributed by atoms with van der Waals surface area (Å²) in [6.45, 7) is 1.19. The molecular weight excluding hydrogens is 178 g/mol. The van der Waals surface area contributed by atoms with Crippen molar-refractivity contribution in [2.45, 2.75) is 29.5 Å². The van der Waals surface area contributed by atoms with E-state index in [4.69, 9.17) is 0 Å². The highest BCUT2D eigenvalue weighted by Gasteiger charge is 2.12. The number of nitrogens with one attached hydrogen (secondary N) is 1. The molecule has 1 nitrogen and oxygen atoms in total. The standard InChI is InChI=1S/C11H15NS/c1-2-6-10(7-3-1)13-11-8-4-5-9-12-11/h1-3,6-7,11-12H,4-5,8-9H2. The lowest BCUT2D eigenvalue weighted by atomic mass is 10.2. The van der Waals surface area contributed by atoms with Crippen LogP contribution in [0.3, 0.4) is 0 Å². The average Bonchev–Trinajstić information content (AvgIpc) is 2.21. The van der Waals surface area contributed by atoms with Gasteiger partial charge in [0, 0.05) is 4.90 Å². The summed E-state index contributed by atoms with van der Waals surface area (Å²) in [5, 5.41) is 4.17. The first kappa shape index (κ1) is 9.10. The fourth-order valence-corrected chi connectivity index (χ4v) is 2.71. The van der Waals surface area contributed by atoms with E-state index >= 15 is 0 Å². The number of thioether (sulfide) groups is 1. The highest BCUT2D eigenvalue weighted by atomic mass is 32.2. The van der Waals surface area contributed by atoms with Gasteiger partial charge in [-0.05, 0) is 37.9 Å². The minimum absolute atomic E-state index is 0.635. The van der Waals surface area contributed by atoms with E-state index in [1.807, 2.05) is 11.8 Å². The molecule has 13 heavy (non-hydrogen) atoms. The molecule has 0 aliphatic carbocycles. The molecule has 2 heteroatoms. The summed E-state index contributed by atoms with van der Waals surface area (Å²) < 4.78 is 0. The van der Waals surface area contributed by atoms with Gasteiger partial charge in [-0.25, -0.2) is 0 Å². The highest BCUT2D eigenvalue weighted by Crippen LogP contribution is 2.26. The smallest absolute Gasteiger partial charge is 0.0579 e. The van der Waals surface area contributed by atoms with Gasteiger partial charge < -0.3 is 5.32 Å². The molecule has 1 aliphatic rings. The molecule has 0 spiro atoms. The maximum Gasteiger partial charge on any atom is 0.0579 e. The minimum atomic E-state index is 0.635. The molecule has 1 fully saturated rings. The van der Waals surface area contributed by atoms with Crippen LogP contribution in [-0.4, -0.2) is 11.9 Å². The van der Waals surface area contributed by atoms with Gasteiger partial charge in [-0.3, -0.25) is 0 Å². The quantitative estimate of drug-likeness (QED) is 0.775. The number of hydrogen-bond acceptors (Lipinski definition) is 2. The van der Waals surface area contributed by atoms with Crippen molar-refractivity contribution in [1.29, 1.82) is 0 Å². The van der Waals surface area contributed by atoms with Crippen LogP contribution in [0.4, 0.5) is 0 Å². The lowest BCUT2D eigenvalue weighted by Gasteiger charge is -2.22. The van der Waals surface area contributed by atoms with Gasteiger partial charge in [-0.1, -0.05) is 18.2 Å². The third-order valence-electron chi connectivity index (χ3n) is 2.29. The van der Waals surface area contributed by atoms with Crippen LogP contribution in [0.1, 0.15) is 19.3 Å². The molecule has 0 radical (unpaired) electrons. The van der Waals surface area contributed by atoms with Gasteiger partial charge in [0.05, 0.1) is 5.37 Å². The second-order valence-corrected chi connectivity index (χ2v) is 4.65. The fraction of sp³-hybridized carbons (Fsp3) is 0.455. The molecule has 1 aromatic carbocycles. The van der Waals surface area contributed by atoms with Crippen molar-refractivity contribution in [3.05, 3.63) is 30.3 Å². The van der Waals surface area contributed by atoms with Gasteiger partial charge in [-0.2, -0.15) is 0 Å². The average molecular weight is 193 g/mol. The summed E-state index contributed by atoms with van der Waals surface area (Å²) in [7, 11) is 0. The van der Waals surface area contributed by atoms with Crippen molar-refractivity contribution in [1.82, 2.24) is 5.32 Å². The van der Waals surface area contributed by atoms with Crippen LogP contribution in [0.5, 0.6) is 0 Å². The molecule has 1 heterocycles. The third-order valence-corrected chi connectivity index (χ3v) is 3.52. The van der Waals surface area contributed by atoms with Gasteiger partial charge in [0.2, 0.25) is 0 Å². The van der Waals surface area contributed by atoms with Crippen LogP contribution >= 0.6 is 11.8 Å². The maximum absolute atomic E-state index is 3.53. The predicted molar refractivity (Wildman–Crippen MR) is 57.9 cm³/mol. The Balaban J connectivity index is 1.90. The normalized spacial score (nSPS) is 22.9. The Morgan fingerprint density at radius 2 is 2.00 bits per heavy atom. The predicted octanol–water partition coefficient (Wildman–Crippen LogP) is 2.88. The number of rotatable bonds is 2. The van der Waals surface area contributed by atoms with Gasteiger partial charge in [0.15, 0.2) is 0 Å². The fourth-order valence-electron chi connectivity index (χ4n) is 1.58. The molecule has 1 atom stereocenters. The summed E-state index contributed by atoms with van der Waals surface area (Å²) in [5.74, 6) is 0. The van der Waals surface area contributed by atoms with E-state index < -0.39 is 0 Å². The molecule has 1 aromatic rings. The minimum Gasteiger partial charge on any atom is -0.305 e. The third kappa shape index (κ3) is 2.75. The number of piperidine rings is 1. The number of benzene rings is 1. The monoisotopic (exact) mass is 193 g/mol. The summed E-state index contributed by atoms with van der Waals surface area (Å²) in [4.78, 5) is 1.38. The van der Waals surface area contributed by atoms with Crippen LogP contribution < -0.4 is 5.32 Å². The second-order valence-electron chi connectivity index (χ2n) is 3.37. The molecule has 0 bridgehead atoms. The first-order valence-corrected chi connectivity index (χ1v) is 5.78. The van der Waals surface area contributed by atoms with E-state index in [0.29, 0.717) is 5.37 Å². The molecule has 1 unspecified atom stereocenters. The van der Waals surface area contributed by atoms with Crippen molar-refractivity contribution < 1.29 is 0 Å². The molecule has 70 valence electrons. The Morgan fingerprint density at radius 1 is 1.15 bits per heavy atom. The van der Waals surface area contributed by atoms with Crippen molar-refractivity contribution in [2.75, 3.05) is 6.54 Å². The van der Waals surface area contributed by atoms with Crippen molar-refractivity contribution in [3.8, 4) is 0 Å². The van der Waals surface area contributed by atoms with E-state index in [0.717, 1.165) is 0 Å². The molecule has 1 aliphatic heterocycles. The van der Waals surface area contributed by atoms with Crippen LogP contribution in [0.15, 0.2) is 35.2 Å². The first-order chi connectivity index (χ1) is 6.45. The molecule has 1 N–H and O–H groups in total. The highest BCUT2D eigenvalue weighted by molar-refractivity contribution is 7.99. The van der Waals surface area contributed by atoms with E-state index in [-0.39, 0.29) is 0 Å². The Labute approximate surface area is 83.9 Å². The largest absolute Gasteiger partial charge is 0.305 e. The molecule has 1 saturated heterocycles. The van der Waals surface area contributed by atoms with Crippen LogP contribution in [0.2, 0.25) is 0 Å². The second kappa shape index (κ2) is 4.68. The first-order valence-electron chi connectivity index (χ1n) is 4.90. The van der Waals surface area contributed by atoms with Crippen molar-refractivity contribution in [2.24, 2.45) is 0 Å². The lowest BCUT2D eigenvalue weighted by Crippen LogP contribution is -2.30. The summed E-state index contributed by atoms with van der Waals surface area (Å²) in [6, 6.07) is 10.6. The number of hydrogen-bond donors (Lipinski definition) is 1. The molecule has 2 rings (SSSR count). The van der Waals surface area contributed by atoms with Crippen molar-refractivity contribution >= 4 is 11.8 Å². The van der Waals surface area contributed by atoms with E-state index in [9.17, 15) is 0 Å². The van der Waals surface area contributed by atoms with Gasteiger partial charge in [0.25, 0.3) is 0 Å². The molecule has 0 saturated carbocycles. The molecule has 0 amide bonds. The summed E-state index contributed by atoms with van der Waals surface area (Å²) in [5.41, 5.74) is 0. The summed E-state index contributed by atoms with van der Waals surface area (Å²) in [6.07, 6.45) is 4.02. The van der Waals surface area contributed by atoms with Gasteiger partial charge in [-0.15, -0.1) is 11.8 Å². The SMILES string of the molecule is c1ccc(SC2CCCCN2)cc1. The van der Waals surface area contributed by atoms with Crippen molar-refractivity contribution in [3.63, 3.8) is 0 Å². The zero-order valence-corrected chi connectivity index (χ0v) is 8.52. The Morgan fingerprint density at radius 3 is 2.69 bits per heavy atom. The van der Waals surface area contributed by atoms with Crippen LogP contribution in [-0.2, 0) is 0 Å². The Hall–Kier alpha value is -0.470. The summed E-state index contributed by atoms with van der Waals surface area (Å²) >= 11 is 1.95. The van der Waals surface area contributed by atoms with Crippen LogP contribution in [0, 0.1) is 0 Å². The van der Waals surface area contributed by atoms with Crippen LogP contribution in [0.25, 0.3) is 0 Å².